The first kappa shape index (κ1) is 22.2. The molecule has 0 unspecified atom stereocenters. The van der Waals surface area contributed by atoms with E-state index in [9.17, 15) is 14.4 Å². The molecule has 1 fully saturated rings. The third-order valence-electron chi connectivity index (χ3n) is 4.30. The summed E-state index contributed by atoms with van der Waals surface area (Å²) in [6.45, 7) is 8.83. The number of piperazine rings is 1. The van der Waals surface area contributed by atoms with Crippen molar-refractivity contribution in [3.63, 3.8) is 0 Å². The number of hydrogen-bond donors (Lipinski definition) is 2. The van der Waals surface area contributed by atoms with E-state index in [-0.39, 0.29) is 35.3 Å². The van der Waals surface area contributed by atoms with Gasteiger partial charge in [0, 0.05) is 37.9 Å². The van der Waals surface area contributed by atoms with Crippen LogP contribution in [0, 0.1) is 6.92 Å². The lowest BCUT2D eigenvalue weighted by atomic mass is 10.2. The van der Waals surface area contributed by atoms with E-state index in [0.717, 1.165) is 11.3 Å². The van der Waals surface area contributed by atoms with E-state index in [2.05, 4.69) is 15.5 Å². The molecule has 0 aromatic heterocycles. The number of hydrogen-bond acceptors (Lipinski definition) is 5. The van der Waals surface area contributed by atoms with Crippen LogP contribution >= 0.6 is 11.8 Å². The molecule has 1 aliphatic heterocycles. The van der Waals surface area contributed by atoms with Gasteiger partial charge in [-0.25, -0.2) is 0 Å². The largest absolute Gasteiger partial charge is 0.353 e. The molecule has 1 saturated heterocycles. The minimum atomic E-state index is -0.107. The van der Waals surface area contributed by atoms with Crippen LogP contribution in [0.4, 0.5) is 5.69 Å². The van der Waals surface area contributed by atoms with E-state index in [1.54, 1.807) is 0 Å². The second kappa shape index (κ2) is 11.1. The van der Waals surface area contributed by atoms with Crippen LogP contribution in [0.15, 0.2) is 24.3 Å². The Morgan fingerprint density at radius 2 is 1.79 bits per heavy atom. The number of anilines is 1. The Bertz CT molecular complexity index is 688. The van der Waals surface area contributed by atoms with E-state index in [1.807, 2.05) is 49.9 Å². The third-order valence-corrected chi connectivity index (χ3v) is 5.22. The Balaban J connectivity index is 1.63. The van der Waals surface area contributed by atoms with Crippen molar-refractivity contribution in [3.8, 4) is 0 Å². The van der Waals surface area contributed by atoms with E-state index in [4.69, 9.17) is 0 Å². The van der Waals surface area contributed by atoms with Gasteiger partial charge in [0.05, 0.1) is 18.1 Å². The molecule has 0 radical (unpaired) electrons. The molecule has 0 atom stereocenters. The predicted molar refractivity (Wildman–Crippen MR) is 113 cm³/mol. The average Bonchev–Trinajstić information content (AvgIpc) is 2.61. The lowest BCUT2D eigenvalue weighted by Gasteiger charge is -2.34. The number of nitrogens with zero attached hydrogens (tertiary/aromatic N) is 2. The molecule has 8 heteroatoms. The zero-order valence-electron chi connectivity index (χ0n) is 16.9. The van der Waals surface area contributed by atoms with Crippen molar-refractivity contribution in [1.29, 1.82) is 0 Å². The first-order valence-corrected chi connectivity index (χ1v) is 10.7. The summed E-state index contributed by atoms with van der Waals surface area (Å²) in [4.78, 5) is 40.0. The molecule has 2 N–H and O–H groups in total. The van der Waals surface area contributed by atoms with Crippen LogP contribution in [0.1, 0.15) is 19.4 Å². The molecule has 2 rings (SSSR count). The Morgan fingerprint density at radius 3 is 2.43 bits per heavy atom. The molecule has 7 nitrogen and oxygen atoms in total. The predicted octanol–water partition coefficient (Wildman–Crippen LogP) is 1.34. The van der Waals surface area contributed by atoms with Crippen molar-refractivity contribution < 1.29 is 14.4 Å². The molecular weight excluding hydrogens is 376 g/mol. The fourth-order valence-electron chi connectivity index (χ4n) is 2.97. The SMILES string of the molecule is Cc1cccc(NC(=O)CSCC(=O)N2CCN(CC(=O)NC(C)C)CC2)c1. The van der Waals surface area contributed by atoms with E-state index in [1.165, 1.54) is 11.8 Å². The van der Waals surface area contributed by atoms with Gasteiger partial charge in [-0.15, -0.1) is 11.8 Å². The Kier molecular flexibility index (Phi) is 8.79. The van der Waals surface area contributed by atoms with Gasteiger partial charge in [0.2, 0.25) is 17.7 Å². The van der Waals surface area contributed by atoms with Crippen molar-refractivity contribution in [3.05, 3.63) is 29.8 Å². The van der Waals surface area contributed by atoms with Crippen LogP contribution in [0.25, 0.3) is 0 Å². The smallest absolute Gasteiger partial charge is 0.234 e. The van der Waals surface area contributed by atoms with Crippen LogP contribution < -0.4 is 10.6 Å². The summed E-state index contributed by atoms with van der Waals surface area (Å²) in [6, 6.07) is 7.76. The lowest BCUT2D eigenvalue weighted by molar-refractivity contribution is -0.130. The van der Waals surface area contributed by atoms with Crippen molar-refractivity contribution in [1.82, 2.24) is 15.1 Å². The molecular formula is C20H30N4O3S. The molecule has 1 aliphatic rings. The molecule has 28 heavy (non-hydrogen) atoms. The molecule has 1 aromatic rings. The Hall–Kier alpha value is -2.06. The normalized spacial score (nSPS) is 14.8. The number of nitrogens with one attached hydrogen (secondary N) is 2. The quantitative estimate of drug-likeness (QED) is 0.681. The highest BCUT2D eigenvalue weighted by atomic mass is 32.2. The topological polar surface area (TPSA) is 81.8 Å². The molecule has 1 heterocycles. The third kappa shape index (κ3) is 7.90. The van der Waals surface area contributed by atoms with Gasteiger partial charge in [-0.1, -0.05) is 12.1 Å². The van der Waals surface area contributed by atoms with Gasteiger partial charge in [0.25, 0.3) is 0 Å². The van der Waals surface area contributed by atoms with E-state index < -0.39 is 0 Å². The molecule has 1 aromatic carbocycles. The second-order valence-electron chi connectivity index (χ2n) is 7.29. The first-order chi connectivity index (χ1) is 13.3. The van der Waals surface area contributed by atoms with Crippen LogP contribution in [0.3, 0.4) is 0 Å². The summed E-state index contributed by atoms with van der Waals surface area (Å²) < 4.78 is 0. The maximum Gasteiger partial charge on any atom is 0.234 e. The van der Waals surface area contributed by atoms with Gasteiger partial charge < -0.3 is 15.5 Å². The summed E-state index contributed by atoms with van der Waals surface area (Å²) in [5, 5.41) is 5.72. The van der Waals surface area contributed by atoms with Gasteiger partial charge in [-0.3, -0.25) is 19.3 Å². The fraction of sp³-hybridized carbons (Fsp3) is 0.550. The molecule has 0 spiro atoms. The number of rotatable bonds is 8. The van der Waals surface area contributed by atoms with Gasteiger partial charge in [0.15, 0.2) is 0 Å². The highest BCUT2D eigenvalue weighted by molar-refractivity contribution is 8.00. The molecule has 154 valence electrons. The molecule has 0 aliphatic carbocycles. The van der Waals surface area contributed by atoms with Gasteiger partial charge in [0.1, 0.15) is 0 Å². The zero-order chi connectivity index (χ0) is 20.5. The highest BCUT2D eigenvalue weighted by Crippen LogP contribution is 2.11. The highest BCUT2D eigenvalue weighted by Gasteiger charge is 2.22. The van der Waals surface area contributed by atoms with Crippen molar-refractivity contribution in [2.45, 2.75) is 26.8 Å². The van der Waals surface area contributed by atoms with Crippen LogP contribution in [0.2, 0.25) is 0 Å². The van der Waals surface area contributed by atoms with Crippen LogP contribution in [-0.4, -0.2) is 77.8 Å². The number of benzene rings is 1. The summed E-state index contributed by atoms with van der Waals surface area (Å²) in [5.41, 5.74) is 1.86. The standard InChI is InChI=1S/C20H30N4O3S/c1-15(2)21-18(25)12-23-7-9-24(10-8-23)20(27)14-28-13-19(26)22-17-6-4-5-16(3)11-17/h4-6,11,15H,7-10,12-14H2,1-3H3,(H,21,25)(H,22,26). The molecule has 0 saturated carbocycles. The van der Waals surface area contributed by atoms with Gasteiger partial charge in [-0.05, 0) is 38.5 Å². The van der Waals surface area contributed by atoms with Crippen molar-refractivity contribution in [2.24, 2.45) is 0 Å². The molecule has 3 amide bonds. The number of carbonyl (C=O) groups excluding carboxylic acids is 3. The molecule has 0 bridgehead atoms. The van der Waals surface area contributed by atoms with E-state index >= 15 is 0 Å². The monoisotopic (exact) mass is 406 g/mol. The number of thioether (sulfide) groups is 1. The fourth-order valence-corrected chi connectivity index (χ4v) is 3.69. The number of amides is 3. The minimum absolute atomic E-state index is 0.0185. The number of aryl methyl sites for hydroxylation is 1. The summed E-state index contributed by atoms with van der Waals surface area (Å²) >= 11 is 1.32. The lowest BCUT2D eigenvalue weighted by Crippen LogP contribution is -2.52. The maximum absolute atomic E-state index is 12.3. The maximum atomic E-state index is 12.3. The minimum Gasteiger partial charge on any atom is -0.353 e. The summed E-state index contributed by atoms with van der Waals surface area (Å²) in [6.07, 6.45) is 0. The average molecular weight is 407 g/mol. The Labute approximate surface area is 171 Å². The van der Waals surface area contributed by atoms with E-state index in [0.29, 0.717) is 32.7 Å². The Morgan fingerprint density at radius 1 is 1.07 bits per heavy atom. The first-order valence-electron chi connectivity index (χ1n) is 9.57. The second-order valence-corrected chi connectivity index (χ2v) is 8.28. The van der Waals surface area contributed by atoms with Crippen molar-refractivity contribution in [2.75, 3.05) is 49.5 Å². The van der Waals surface area contributed by atoms with Crippen LogP contribution in [-0.2, 0) is 14.4 Å². The zero-order valence-corrected chi connectivity index (χ0v) is 17.7. The van der Waals surface area contributed by atoms with Gasteiger partial charge >= 0.3 is 0 Å². The van der Waals surface area contributed by atoms with Crippen LogP contribution in [0.5, 0.6) is 0 Å². The number of carbonyl (C=O) groups is 3. The summed E-state index contributed by atoms with van der Waals surface area (Å²) in [5.74, 6) is 0.485. The van der Waals surface area contributed by atoms with Gasteiger partial charge in [-0.2, -0.15) is 0 Å². The summed E-state index contributed by atoms with van der Waals surface area (Å²) in [7, 11) is 0. The van der Waals surface area contributed by atoms with Crippen molar-refractivity contribution >= 4 is 35.2 Å².